The lowest BCUT2D eigenvalue weighted by Gasteiger charge is -2.13. The van der Waals surface area contributed by atoms with Crippen LogP contribution in [0.1, 0.15) is 11.1 Å². The molecule has 18 heavy (non-hydrogen) atoms. The van der Waals surface area contributed by atoms with Crippen molar-refractivity contribution in [3.05, 3.63) is 28.3 Å². The molecule has 0 spiro atoms. The van der Waals surface area contributed by atoms with Crippen molar-refractivity contribution in [2.24, 2.45) is 0 Å². The monoisotopic (exact) mass is 269 g/mol. The van der Waals surface area contributed by atoms with Gasteiger partial charge in [-0.25, -0.2) is 4.79 Å². The number of fused-ring (bicyclic) bond motifs is 1. The Bertz CT molecular complexity index is 462. The van der Waals surface area contributed by atoms with Gasteiger partial charge in [0.15, 0.2) is 6.61 Å². The van der Waals surface area contributed by atoms with Crippen LogP contribution >= 0.6 is 11.6 Å². The van der Waals surface area contributed by atoms with Crippen molar-refractivity contribution in [2.45, 2.75) is 12.8 Å². The van der Waals surface area contributed by atoms with Gasteiger partial charge in [0.05, 0.1) is 0 Å². The lowest BCUT2D eigenvalue weighted by atomic mass is 10.0. The SMILES string of the molecule is CN1CCc2c(Cl)ccc(OCC(=O)O)c2CC1. The van der Waals surface area contributed by atoms with Gasteiger partial charge < -0.3 is 14.7 Å². The molecule has 0 saturated carbocycles. The molecule has 0 amide bonds. The Kier molecular flexibility index (Phi) is 4.09. The van der Waals surface area contributed by atoms with Crippen LogP contribution < -0.4 is 4.74 Å². The first-order valence-corrected chi connectivity index (χ1v) is 6.29. The molecule has 4 nitrogen and oxygen atoms in total. The van der Waals surface area contributed by atoms with Crippen LogP contribution in [0.25, 0.3) is 0 Å². The number of hydrogen-bond donors (Lipinski definition) is 1. The van der Waals surface area contributed by atoms with Crippen molar-refractivity contribution < 1.29 is 14.6 Å². The number of carbonyl (C=O) groups is 1. The summed E-state index contributed by atoms with van der Waals surface area (Å²) in [6.07, 6.45) is 1.70. The Labute approximate surface area is 111 Å². The zero-order valence-electron chi connectivity index (χ0n) is 10.3. The lowest BCUT2D eigenvalue weighted by Crippen LogP contribution is -2.20. The van der Waals surface area contributed by atoms with Crippen LogP contribution in [0, 0.1) is 0 Å². The molecule has 1 heterocycles. The largest absolute Gasteiger partial charge is 0.482 e. The van der Waals surface area contributed by atoms with E-state index in [0.29, 0.717) is 5.75 Å². The molecule has 1 aliphatic rings. The molecule has 5 heteroatoms. The van der Waals surface area contributed by atoms with Crippen LogP contribution in [0.3, 0.4) is 0 Å². The minimum Gasteiger partial charge on any atom is -0.482 e. The highest BCUT2D eigenvalue weighted by atomic mass is 35.5. The lowest BCUT2D eigenvalue weighted by molar-refractivity contribution is -0.139. The molecule has 1 aromatic rings. The smallest absolute Gasteiger partial charge is 0.341 e. The predicted molar refractivity (Wildman–Crippen MR) is 69.5 cm³/mol. The van der Waals surface area contributed by atoms with Gasteiger partial charge in [-0.05, 0) is 37.6 Å². The average Bonchev–Trinajstić information content (AvgIpc) is 2.52. The second-order valence-electron chi connectivity index (χ2n) is 4.49. The number of ether oxygens (including phenoxy) is 1. The van der Waals surface area contributed by atoms with E-state index in [1.54, 1.807) is 12.1 Å². The van der Waals surface area contributed by atoms with Gasteiger partial charge in [0.2, 0.25) is 0 Å². The molecule has 0 atom stereocenters. The van der Waals surface area contributed by atoms with E-state index in [2.05, 4.69) is 11.9 Å². The van der Waals surface area contributed by atoms with E-state index in [4.69, 9.17) is 21.4 Å². The molecule has 0 radical (unpaired) electrons. The number of rotatable bonds is 3. The molecule has 2 rings (SSSR count). The van der Waals surface area contributed by atoms with E-state index in [1.165, 1.54) is 0 Å². The molecule has 1 aromatic carbocycles. The fourth-order valence-electron chi connectivity index (χ4n) is 2.18. The number of carboxylic acids is 1. The van der Waals surface area contributed by atoms with Crippen LogP contribution in [-0.2, 0) is 17.6 Å². The fourth-order valence-corrected chi connectivity index (χ4v) is 2.45. The molecule has 0 saturated heterocycles. The summed E-state index contributed by atoms with van der Waals surface area (Å²) in [5, 5.41) is 9.41. The van der Waals surface area contributed by atoms with Crippen molar-refractivity contribution in [2.75, 3.05) is 26.7 Å². The van der Waals surface area contributed by atoms with Crippen LogP contribution in [0.2, 0.25) is 5.02 Å². The molecule has 1 N–H and O–H groups in total. The standard InChI is InChI=1S/C13H16ClNO3/c1-15-6-4-9-10(5-7-15)12(3-2-11(9)14)18-8-13(16)17/h2-3H,4-8H2,1H3,(H,16,17). The molecule has 0 unspecified atom stereocenters. The topological polar surface area (TPSA) is 49.8 Å². The van der Waals surface area contributed by atoms with Crippen molar-refractivity contribution in [1.82, 2.24) is 4.90 Å². The van der Waals surface area contributed by atoms with Gasteiger partial charge in [-0.2, -0.15) is 0 Å². The minimum atomic E-state index is -0.968. The van der Waals surface area contributed by atoms with Gasteiger partial charge in [-0.15, -0.1) is 0 Å². The number of likely N-dealkylation sites (N-methyl/N-ethyl adjacent to an activating group) is 1. The first-order valence-electron chi connectivity index (χ1n) is 5.91. The minimum absolute atomic E-state index is 0.316. The molecule has 1 aliphatic heterocycles. The number of nitrogens with zero attached hydrogens (tertiary/aromatic N) is 1. The van der Waals surface area contributed by atoms with Gasteiger partial charge in [0.25, 0.3) is 0 Å². The highest BCUT2D eigenvalue weighted by Crippen LogP contribution is 2.31. The van der Waals surface area contributed by atoms with E-state index in [0.717, 1.165) is 42.1 Å². The first-order chi connectivity index (χ1) is 8.58. The van der Waals surface area contributed by atoms with Crippen molar-refractivity contribution >= 4 is 17.6 Å². The second-order valence-corrected chi connectivity index (χ2v) is 4.90. The molecule has 0 aromatic heterocycles. The Morgan fingerprint density at radius 2 is 2.06 bits per heavy atom. The summed E-state index contributed by atoms with van der Waals surface area (Å²) >= 11 is 6.21. The maximum absolute atomic E-state index is 10.6. The highest BCUT2D eigenvalue weighted by Gasteiger charge is 2.18. The third-order valence-electron chi connectivity index (χ3n) is 3.17. The van der Waals surface area contributed by atoms with Crippen LogP contribution in [0.4, 0.5) is 0 Å². The highest BCUT2D eigenvalue weighted by molar-refractivity contribution is 6.31. The number of hydrogen-bond acceptors (Lipinski definition) is 3. The van der Waals surface area contributed by atoms with Gasteiger partial charge in [-0.3, -0.25) is 0 Å². The molecule has 0 bridgehead atoms. The fraction of sp³-hybridized carbons (Fsp3) is 0.462. The Hall–Kier alpha value is -1.26. The number of halogens is 1. The zero-order chi connectivity index (χ0) is 13.1. The predicted octanol–water partition coefficient (Wildman–Crippen LogP) is 1.83. The maximum Gasteiger partial charge on any atom is 0.341 e. The third-order valence-corrected chi connectivity index (χ3v) is 3.52. The average molecular weight is 270 g/mol. The summed E-state index contributed by atoms with van der Waals surface area (Å²) in [4.78, 5) is 12.8. The summed E-state index contributed by atoms with van der Waals surface area (Å²) in [6.45, 7) is 1.57. The van der Waals surface area contributed by atoms with Crippen LogP contribution in [0.15, 0.2) is 12.1 Å². The normalized spacial score (nSPS) is 15.9. The Morgan fingerprint density at radius 1 is 1.39 bits per heavy atom. The van der Waals surface area contributed by atoms with Crippen LogP contribution in [-0.4, -0.2) is 42.7 Å². The molecular weight excluding hydrogens is 254 g/mol. The van der Waals surface area contributed by atoms with Crippen molar-refractivity contribution in [3.8, 4) is 5.75 Å². The number of aliphatic carboxylic acids is 1. The van der Waals surface area contributed by atoms with E-state index in [-0.39, 0.29) is 6.61 Å². The molecule has 98 valence electrons. The molecular formula is C13H16ClNO3. The summed E-state index contributed by atoms with van der Waals surface area (Å²) in [6, 6.07) is 3.54. The van der Waals surface area contributed by atoms with Crippen molar-refractivity contribution in [1.29, 1.82) is 0 Å². The van der Waals surface area contributed by atoms with E-state index in [9.17, 15) is 4.79 Å². The second kappa shape index (κ2) is 5.59. The quantitative estimate of drug-likeness (QED) is 0.910. The van der Waals surface area contributed by atoms with Gasteiger partial charge in [0.1, 0.15) is 5.75 Å². The molecule has 0 aliphatic carbocycles. The summed E-state index contributed by atoms with van der Waals surface area (Å²) in [7, 11) is 2.07. The van der Waals surface area contributed by atoms with Gasteiger partial charge in [-0.1, -0.05) is 11.6 Å². The third kappa shape index (κ3) is 2.94. The van der Waals surface area contributed by atoms with Crippen LogP contribution in [0.5, 0.6) is 5.75 Å². The Balaban J connectivity index is 2.29. The number of carboxylic acid groups (broad SMARTS) is 1. The number of benzene rings is 1. The summed E-state index contributed by atoms with van der Waals surface area (Å²) in [5.74, 6) is -0.323. The zero-order valence-corrected chi connectivity index (χ0v) is 11.0. The van der Waals surface area contributed by atoms with Crippen molar-refractivity contribution in [3.63, 3.8) is 0 Å². The van der Waals surface area contributed by atoms with Gasteiger partial charge >= 0.3 is 5.97 Å². The summed E-state index contributed by atoms with van der Waals surface area (Å²) < 4.78 is 5.33. The summed E-state index contributed by atoms with van der Waals surface area (Å²) in [5.41, 5.74) is 2.14. The van der Waals surface area contributed by atoms with Gasteiger partial charge in [0, 0.05) is 23.7 Å². The van der Waals surface area contributed by atoms with E-state index < -0.39 is 5.97 Å². The maximum atomic E-state index is 10.6. The Morgan fingerprint density at radius 3 is 2.72 bits per heavy atom. The van der Waals surface area contributed by atoms with E-state index in [1.807, 2.05) is 0 Å². The first kappa shape index (κ1) is 13.2. The molecule has 0 fully saturated rings. The van der Waals surface area contributed by atoms with E-state index >= 15 is 0 Å².